The highest BCUT2D eigenvalue weighted by molar-refractivity contribution is 5.98. The highest BCUT2D eigenvalue weighted by atomic mass is 16.5. The standard InChI is InChI=1S/C18H20N4O4/c1-24-12-4-5-13-11(9-12)10-14(20-13)17(23)19-7-6-16-21-18(26-22-16)15-3-2-8-25-15/h4-5,9-10,15,20H,2-3,6-8H2,1H3,(H,19,23). The first-order valence-corrected chi connectivity index (χ1v) is 8.62. The summed E-state index contributed by atoms with van der Waals surface area (Å²) in [7, 11) is 1.61. The van der Waals surface area contributed by atoms with Crippen LogP contribution in [0.25, 0.3) is 10.9 Å². The molecule has 3 aromatic rings. The van der Waals surface area contributed by atoms with Crippen LogP contribution in [0.4, 0.5) is 0 Å². The van der Waals surface area contributed by atoms with Gasteiger partial charge in [0.15, 0.2) is 5.82 Å². The fourth-order valence-electron chi connectivity index (χ4n) is 3.02. The molecule has 0 saturated carbocycles. The van der Waals surface area contributed by atoms with Gasteiger partial charge >= 0.3 is 0 Å². The van der Waals surface area contributed by atoms with Crippen molar-refractivity contribution in [2.75, 3.05) is 20.3 Å². The van der Waals surface area contributed by atoms with Gasteiger partial charge in [0.25, 0.3) is 11.8 Å². The number of aromatic nitrogens is 3. The van der Waals surface area contributed by atoms with Gasteiger partial charge in [-0.05, 0) is 37.1 Å². The Morgan fingerprint density at radius 3 is 3.15 bits per heavy atom. The molecule has 8 heteroatoms. The Bertz CT molecular complexity index is 911. The fourth-order valence-corrected chi connectivity index (χ4v) is 3.02. The number of benzene rings is 1. The predicted molar refractivity (Wildman–Crippen MR) is 93.1 cm³/mol. The number of ether oxygens (including phenoxy) is 2. The number of nitrogens with zero attached hydrogens (tertiary/aromatic N) is 2. The number of rotatable bonds is 6. The van der Waals surface area contributed by atoms with Gasteiger partial charge in [-0.2, -0.15) is 4.98 Å². The van der Waals surface area contributed by atoms with Gasteiger partial charge < -0.3 is 24.3 Å². The molecule has 2 N–H and O–H groups in total. The van der Waals surface area contributed by atoms with Crippen molar-refractivity contribution in [1.29, 1.82) is 0 Å². The number of hydrogen-bond donors (Lipinski definition) is 2. The van der Waals surface area contributed by atoms with Crippen molar-refractivity contribution in [1.82, 2.24) is 20.4 Å². The Morgan fingerprint density at radius 2 is 2.35 bits per heavy atom. The number of carbonyl (C=O) groups is 1. The molecular formula is C18H20N4O4. The number of nitrogens with one attached hydrogen (secondary N) is 2. The maximum atomic E-state index is 12.3. The van der Waals surface area contributed by atoms with E-state index in [0.717, 1.165) is 36.1 Å². The van der Waals surface area contributed by atoms with Crippen LogP contribution in [0.1, 0.15) is 41.1 Å². The van der Waals surface area contributed by atoms with Crippen LogP contribution in [0.3, 0.4) is 0 Å². The third kappa shape index (κ3) is 3.41. The third-order valence-electron chi connectivity index (χ3n) is 4.40. The summed E-state index contributed by atoms with van der Waals surface area (Å²) in [6.07, 6.45) is 2.32. The van der Waals surface area contributed by atoms with Crippen LogP contribution in [-0.4, -0.2) is 41.3 Å². The molecule has 1 aliphatic rings. The van der Waals surface area contributed by atoms with E-state index in [-0.39, 0.29) is 12.0 Å². The van der Waals surface area contributed by atoms with Gasteiger partial charge in [0.05, 0.1) is 7.11 Å². The van der Waals surface area contributed by atoms with Gasteiger partial charge in [0.1, 0.15) is 17.5 Å². The zero-order valence-corrected chi connectivity index (χ0v) is 14.4. The number of aromatic amines is 1. The lowest BCUT2D eigenvalue weighted by molar-refractivity contribution is 0.0835. The highest BCUT2D eigenvalue weighted by Gasteiger charge is 2.23. The van der Waals surface area contributed by atoms with Crippen molar-refractivity contribution in [2.45, 2.75) is 25.4 Å². The van der Waals surface area contributed by atoms with E-state index in [0.29, 0.717) is 30.4 Å². The molecule has 1 aliphatic heterocycles. The van der Waals surface area contributed by atoms with E-state index in [4.69, 9.17) is 14.0 Å². The van der Waals surface area contributed by atoms with E-state index in [1.165, 1.54) is 0 Å². The second kappa shape index (κ2) is 7.17. The molecule has 1 aromatic carbocycles. The number of hydrogen-bond acceptors (Lipinski definition) is 6. The molecule has 1 atom stereocenters. The predicted octanol–water partition coefficient (Wildman–Crippen LogP) is 2.38. The Kier molecular flexibility index (Phi) is 4.57. The smallest absolute Gasteiger partial charge is 0.267 e. The van der Waals surface area contributed by atoms with Crippen molar-refractivity contribution >= 4 is 16.8 Å². The number of amides is 1. The fraction of sp³-hybridized carbons (Fsp3) is 0.389. The normalized spacial score (nSPS) is 16.9. The molecule has 26 heavy (non-hydrogen) atoms. The summed E-state index contributed by atoms with van der Waals surface area (Å²) >= 11 is 0. The van der Waals surface area contributed by atoms with Crippen molar-refractivity contribution in [3.63, 3.8) is 0 Å². The number of H-pyrrole nitrogens is 1. The van der Waals surface area contributed by atoms with Crippen LogP contribution in [0.5, 0.6) is 5.75 Å². The minimum absolute atomic E-state index is 0.0887. The summed E-state index contributed by atoms with van der Waals surface area (Å²) in [5.41, 5.74) is 1.39. The van der Waals surface area contributed by atoms with Gasteiger partial charge in [-0.15, -0.1) is 0 Å². The van der Waals surface area contributed by atoms with Gasteiger partial charge in [0, 0.05) is 30.5 Å². The average Bonchev–Trinajstić information content (AvgIpc) is 3.39. The first-order chi connectivity index (χ1) is 12.7. The van der Waals surface area contributed by atoms with Crippen LogP contribution >= 0.6 is 0 Å². The molecule has 0 radical (unpaired) electrons. The van der Waals surface area contributed by atoms with E-state index < -0.39 is 0 Å². The molecule has 0 spiro atoms. The molecular weight excluding hydrogens is 336 g/mol. The Hall–Kier alpha value is -2.87. The lowest BCUT2D eigenvalue weighted by Gasteiger charge is -2.01. The minimum atomic E-state index is -0.178. The molecule has 136 valence electrons. The summed E-state index contributed by atoms with van der Waals surface area (Å²) in [4.78, 5) is 19.8. The minimum Gasteiger partial charge on any atom is -0.497 e. The van der Waals surface area contributed by atoms with Gasteiger partial charge in [0.2, 0.25) is 0 Å². The topological polar surface area (TPSA) is 102 Å². The molecule has 2 aromatic heterocycles. The summed E-state index contributed by atoms with van der Waals surface area (Å²) in [6, 6.07) is 7.42. The van der Waals surface area contributed by atoms with Crippen molar-refractivity contribution in [3.05, 3.63) is 41.7 Å². The largest absolute Gasteiger partial charge is 0.497 e. The summed E-state index contributed by atoms with van der Waals surface area (Å²) < 4.78 is 16.0. The highest BCUT2D eigenvalue weighted by Crippen LogP contribution is 2.27. The van der Waals surface area contributed by atoms with E-state index in [1.54, 1.807) is 13.2 Å². The number of carbonyl (C=O) groups excluding carboxylic acids is 1. The second-order valence-electron chi connectivity index (χ2n) is 6.19. The lowest BCUT2D eigenvalue weighted by Crippen LogP contribution is -2.26. The van der Waals surface area contributed by atoms with Crippen molar-refractivity contribution < 1.29 is 18.8 Å². The van der Waals surface area contributed by atoms with Crippen LogP contribution in [0.2, 0.25) is 0 Å². The molecule has 0 bridgehead atoms. The van der Waals surface area contributed by atoms with Crippen LogP contribution in [0, 0.1) is 0 Å². The first kappa shape index (κ1) is 16.6. The number of methoxy groups -OCH3 is 1. The first-order valence-electron chi connectivity index (χ1n) is 8.62. The molecule has 4 rings (SSSR count). The molecule has 1 fully saturated rings. The van der Waals surface area contributed by atoms with Crippen LogP contribution < -0.4 is 10.1 Å². The summed E-state index contributed by atoms with van der Waals surface area (Å²) in [5, 5.41) is 7.73. The molecule has 3 heterocycles. The molecule has 8 nitrogen and oxygen atoms in total. The maximum Gasteiger partial charge on any atom is 0.267 e. The number of fused-ring (bicyclic) bond motifs is 1. The van der Waals surface area contributed by atoms with Crippen molar-refractivity contribution in [2.24, 2.45) is 0 Å². The Morgan fingerprint density at radius 1 is 1.42 bits per heavy atom. The molecule has 1 unspecified atom stereocenters. The zero-order chi connectivity index (χ0) is 17.9. The van der Waals surface area contributed by atoms with Gasteiger partial charge in [-0.25, -0.2) is 0 Å². The molecule has 1 saturated heterocycles. The monoisotopic (exact) mass is 356 g/mol. The SMILES string of the molecule is COc1ccc2[nH]c(C(=O)NCCc3noc(C4CCCO4)n3)cc2c1. The Balaban J connectivity index is 1.33. The zero-order valence-electron chi connectivity index (χ0n) is 14.4. The van der Waals surface area contributed by atoms with E-state index in [2.05, 4.69) is 20.4 Å². The second-order valence-corrected chi connectivity index (χ2v) is 6.19. The van der Waals surface area contributed by atoms with Crippen molar-refractivity contribution in [3.8, 4) is 5.75 Å². The molecule has 0 aliphatic carbocycles. The quantitative estimate of drug-likeness (QED) is 0.703. The summed E-state index contributed by atoms with van der Waals surface area (Å²) in [5.74, 6) is 1.66. The van der Waals surface area contributed by atoms with E-state index in [1.807, 2.05) is 18.2 Å². The van der Waals surface area contributed by atoms with Gasteiger partial charge in [-0.1, -0.05) is 5.16 Å². The van der Waals surface area contributed by atoms with Gasteiger partial charge in [-0.3, -0.25) is 4.79 Å². The van der Waals surface area contributed by atoms with E-state index in [9.17, 15) is 4.79 Å². The Labute approximate surface area is 149 Å². The summed E-state index contributed by atoms with van der Waals surface area (Å²) in [6.45, 7) is 1.15. The average molecular weight is 356 g/mol. The third-order valence-corrected chi connectivity index (χ3v) is 4.40. The van der Waals surface area contributed by atoms with Crippen LogP contribution in [-0.2, 0) is 11.2 Å². The van der Waals surface area contributed by atoms with Crippen LogP contribution in [0.15, 0.2) is 28.8 Å². The maximum absolute atomic E-state index is 12.3. The molecule has 1 amide bonds. The van der Waals surface area contributed by atoms with E-state index >= 15 is 0 Å². The lowest BCUT2D eigenvalue weighted by atomic mass is 10.2.